The zero-order valence-corrected chi connectivity index (χ0v) is 11.7. The molecule has 0 saturated carbocycles. The van der Waals surface area contributed by atoms with Gasteiger partial charge in [-0.3, -0.25) is 9.78 Å². The highest BCUT2D eigenvalue weighted by atomic mass is 79.9. The summed E-state index contributed by atoms with van der Waals surface area (Å²) < 4.78 is 2.62. The second-order valence-corrected chi connectivity index (χ2v) is 5.42. The van der Waals surface area contributed by atoms with Gasteiger partial charge in [0.1, 0.15) is 5.69 Å². The SMILES string of the molecule is O=C(Cc1cncc(Br)c1)c1cn(C2CNC2)nn1. The summed E-state index contributed by atoms with van der Waals surface area (Å²) in [5.74, 6) is -0.0431. The monoisotopic (exact) mass is 321 g/mol. The van der Waals surface area contributed by atoms with Gasteiger partial charge >= 0.3 is 0 Å². The molecule has 1 saturated heterocycles. The van der Waals surface area contributed by atoms with Gasteiger partial charge in [-0.1, -0.05) is 5.21 Å². The predicted molar refractivity (Wildman–Crippen MR) is 71.9 cm³/mol. The maximum absolute atomic E-state index is 12.1. The number of nitrogens with one attached hydrogen (secondary N) is 1. The van der Waals surface area contributed by atoms with Crippen LogP contribution >= 0.6 is 15.9 Å². The van der Waals surface area contributed by atoms with Crippen molar-refractivity contribution in [2.45, 2.75) is 12.5 Å². The molecule has 1 fully saturated rings. The lowest BCUT2D eigenvalue weighted by Gasteiger charge is -2.26. The molecule has 0 bridgehead atoms. The van der Waals surface area contributed by atoms with Crippen molar-refractivity contribution in [1.82, 2.24) is 25.3 Å². The van der Waals surface area contributed by atoms with Crippen molar-refractivity contribution in [2.75, 3.05) is 13.1 Å². The quantitative estimate of drug-likeness (QED) is 0.851. The van der Waals surface area contributed by atoms with Crippen LogP contribution in [0.25, 0.3) is 0 Å². The van der Waals surface area contributed by atoms with Crippen molar-refractivity contribution >= 4 is 21.7 Å². The average molecular weight is 322 g/mol. The van der Waals surface area contributed by atoms with Gasteiger partial charge in [0.2, 0.25) is 0 Å². The number of halogens is 1. The Bertz CT molecular complexity index is 608. The van der Waals surface area contributed by atoms with Gasteiger partial charge in [0.05, 0.1) is 12.2 Å². The fourth-order valence-corrected chi connectivity index (χ4v) is 2.28. The van der Waals surface area contributed by atoms with Crippen LogP contribution in [0, 0.1) is 0 Å². The van der Waals surface area contributed by atoms with Gasteiger partial charge < -0.3 is 5.32 Å². The Balaban J connectivity index is 1.71. The van der Waals surface area contributed by atoms with Gasteiger partial charge in [0.15, 0.2) is 5.78 Å². The Labute approximate surface area is 118 Å². The molecule has 7 heteroatoms. The fraction of sp³-hybridized carbons (Fsp3) is 0.333. The third kappa shape index (κ3) is 2.71. The molecule has 98 valence electrons. The van der Waals surface area contributed by atoms with Crippen LogP contribution in [-0.2, 0) is 6.42 Å². The smallest absolute Gasteiger partial charge is 0.189 e. The lowest BCUT2D eigenvalue weighted by atomic mass is 10.1. The van der Waals surface area contributed by atoms with Crippen molar-refractivity contribution in [3.63, 3.8) is 0 Å². The highest BCUT2D eigenvalue weighted by Crippen LogP contribution is 2.13. The molecule has 3 heterocycles. The summed E-state index contributed by atoms with van der Waals surface area (Å²) in [5.41, 5.74) is 1.27. The van der Waals surface area contributed by atoms with Gasteiger partial charge in [-0.05, 0) is 27.6 Å². The lowest BCUT2D eigenvalue weighted by Crippen LogP contribution is -2.43. The van der Waals surface area contributed by atoms with E-state index in [1.54, 1.807) is 23.3 Å². The summed E-state index contributed by atoms with van der Waals surface area (Å²) in [5, 5.41) is 11.1. The molecule has 19 heavy (non-hydrogen) atoms. The maximum Gasteiger partial charge on any atom is 0.189 e. The van der Waals surface area contributed by atoms with Crippen molar-refractivity contribution in [1.29, 1.82) is 0 Å². The highest BCUT2D eigenvalue weighted by Gasteiger charge is 2.21. The van der Waals surface area contributed by atoms with Gasteiger partial charge in [0.25, 0.3) is 0 Å². The zero-order valence-electron chi connectivity index (χ0n) is 10.1. The van der Waals surface area contributed by atoms with Crippen LogP contribution in [0.1, 0.15) is 22.1 Å². The largest absolute Gasteiger partial charge is 0.312 e. The molecule has 0 amide bonds. The van der Waals surface area contributed by atoms with E-state index in [0.29, 0.717) is 11.7 Å². The molecule has 1 N–H and O–H groups in total. The minimum Gasteiger partial charge on any atom is -0.312 e. The van der Waals surface area contributed by atoms with Crippen molar-refractivity contribution in [3.05, 3.63) is 40.4 Å². The Morgan fingerprint density at radius 2 is 2.32 bits per heavy atom. The fourth-order valence-electron chi connectivity index (χ4n) is 1.87. The van der Waals surface area contributed by atoms with Crippen LogP contribution in [0.2, 0.25) is 0 Å². The van der Waals surface area contributed by atoms with Crippen molar-refractivity contribution in [3.8, 4) is 0 Å². The predicted octanol–water partition coefficient (Wildman–Crippen LogP) is 1.01. The Morgan fingerprint density at radius 1 is 1.47 bits per heavy atom. The number of ketones is 1. The standard InChI is InChI=1S/C12H12BrN5O/c13-9-1-8(3-14-4-9)2-12(19)11-7-18(17-16-11)10-5-15-6-10/h1,3-4,7,10,15H,2,5-6H2. The van der Waals surface area contributed by atoms with E-state index in [1.165, 1.54) is 0 Å². The average Bonchev–Trinajstić information content (AvgIpc) is 2.76. The van der Waals surface area contributed by atoms with Crippen LogP contribution in [0.5, 0.6) is 0 Å². The minimum atomic E-state index is -0.0431. The number of rotatable bonds is 4. The molecule has 0 atom stereocenters. The number of hydrogen-bond acceptors (Lipinski definition) is 5. The van der Waals surface area contributed by atoms with E-state index < -0.39 is 0 Å². The van der Waals surface area contributed by atoms with Crippen LogP contribution < -0.4 is 5.32 Å². The number of carbonyl (C=O) groups excluding carboxylic acids is 1. The molecule has 0 spiro atoms. The van der Waals surface area contributed by atoms with E-state index in [4.69, 9.17) is 0 Å². The maximum atomic E-state index is 12.1. The summed E-state index contributed by atoms with van der Waals surface area (Å²) in [6, 6.07) is 2.20. The van der Waals surface area contributed by atoms with E-state index in [9.17, 15) is 4.79 Å². The number of hydrogen-bond donors (Lipinski definition) is 1. The van der Waals surface area contributed by atoms with E-state index in [-0.39, 0.29) is 12.2 Å². The molecule has 0 unspecified atom stereocenters. The molecule has 0 aliphatic carbocycles. The molecular formula is C12H12BrN5O. The molecule has 2 aromatic heterocycles. The second kappa shape index (κ2) is 5.18. The van der Waals surface area contributed by atoms with Gasteiger partial charge in [0, 0.05) is 36.4 Å². The topological polar surface area (TPSA) is 72.7 Å². The first-order valence-electron chi connectivity index (χ1n) is 5.97. The number of nitrogens with zero attached hydrogens (tertiary/aromatic N) is 4. The first-order chi connectivity index (χ1) is 9.22. The number of pyridine rings is 1. The third-order valence-corrected chi connectivity index (χ3v) is 3.49. The summed E-state index contributed by atoms with van der Waals surface area (Å²) in [6.45, 7) is 1.76. The summed E-state index contributed by atoms with van der Waals surface area (Å²) in [6.07, 6.45) is 5.38. The van der Waals surface area contributed by atoms with Crippen LogP contribution in [0.4, 0.5) is 0 Å². The number of Topliss-reactive ketones (excluding diaryl/α,β-unsaturated/α-hetero) is 1. The lowest BCUT2D eigenvalue weighted by molar-refractivity contribution is 0.0988. The van der Waals surface area contributed by atoms with Crippen molar-refractivity contribution in [2.24, 2.45) is 0 Å². The van der Waals surface area contributed by atoms with Crippen molar-refractivity contribution < 1.29 is 4.79 Å². The Hall–Kier alpha value is -1.60. The second-order valence-electron chi connectivity index (χ2n) is 4.51. The van der Waals surface area contributed by atoms with E-state index in [1.807, 2.05) is 6.07 Å². The molecular weight excluding hydrogens is 310 g/mol. The summed E-state index contributed by atoms with van der Waals surface area (Å²) in [4.78, 5) is 16.1. The van der Waals surface area contributed by atoms with Crippen LogP contribution in [0.15, 0.2) is 29.1 Å². The van der Waals surface area contributed by atoms with E-state index in [2.05, 4.69) is 36.5 Å². The Kier molecular flexibility index (Phi) is 3.39. The summed E-state index contributed by atoms with van der Waals surface area (Å²) in [7, 11) is 0. The molecule has 1 aliphatic rings. The van der Waals surface area contributed by atoms with E-state index >= 15 is 0 Å². The Morgan fingerprint density at radius 3 is 3.00 bits per heavy atom. The van der Waals surface area contributed by atoms with E-state index in [0.717, 1.165) is 23.1 Å². The highest BCUT2D eigenvalue weighted by molar-refractivity contribution is 9.10. The normalized spacial score (nSPS) is 15.2. The molecule has 1 aliphatic heterocycles. The van der Waals surface area contributed by atoms with Crippen LogP contribution in [0.3, 0.4) is 0 Å². The first kappa shape index (κ1) is 12.4. The summed E-state index contributed by atoms with van der Waals surface area (Å²) >= 11 is 3.34. The van der Waals surface area contributed by atoms with Gasteiger partial charge in [-0.25, -0.2) is 4.68 Å². The minimum absolute atomic E-state index is 0.0431. The third-order valence-electron chi connectivity index (χ3n) is 3.06. The molecule has 0 radical (unpaired) electrons. The molecule has 3 rings (SSSR count). The number of carbonyl (C=O) groups is 1. The molecule has 2 aromatic rings. The first-order valence-corrected chi connectivity index (χ1v) is 6.77. The number of aromatic nitrogens is 4. The molecule has 0 aromatic carbocycles. The van der Waals surface area contributed by atoms with Gasteiger partial charge in [-0.15, -0.1) is 5.10 Å². The zero-order chi connectivity index (χ0) is 13.2. The van der Waals surface area contributed by atoms with Crippen LogP contribution in [-0.4, -0.2) is 38.9 Å². The molecule has 6 nitrogen and oxygen atoms in total. The van der Waals surface area contributed by atoms with Gasteiger partial charge in [-0.2, -0.15) is 0 Å².